The number of likely N-dealkylation sites (tertiary alicyclic amines) is 1. The summed E-state index contributed by atoms with van der Waals surface area (Å²) in [6.07, 6.45) is 2.37. The van der Waals surface area contributed by atoms with E-state index in [0.29, 0.717) is 25.3 Å². The van der Waals surface area contributed by atoms with Gasteiger partial charge in [0.25, 0.3) is 5.91 Å². The van der Waals surface area contributed by atoms with Crippen LogP contribution in [0.25, 0.3) is 0 Å². The molecule has 0 aliphatic carbocycles. The first kappa shape index (κ1) is 14.8. The molecular formula is C16H21N3O3. The van der Waals surface area contributed by atoms with Crippen LogP contribution >= 0.6 is 0 Å². The third kappa shape index (κ3) is 3.22. The standard InChI is InChI=1S/C16H21N3O3/c17-12-7-9-18(10-12)16(21)11-22-14-5-3-13(4-6-14)19-8-1-2-15(19)20/h3-6,12H,1-2,7-11,17H2/t12-/m1/s1. The van der Waals surface area contributed by atoms with Crippen LogP contribution in [0.3, 0.4) is 0 Å². The number of rotatable bonds is 4. The molecule has 0 spiro atoms. The van der Waals surface area contributed by atoms with Crippen molar-refractivity contribution in [2.75, 3.05) is 31.1 Å². The molecule has 0 bridgehead atoms. The molecule has 2 aliphatic rings. The number of ether oxygens (including phenoxy) is 1. The largest absolute Gasteiger partial charge is 0.484 e. The van der Waals surface area contributed by atoms with Crippen molar-refractivity contribution < 1.29 is 14.3 Å². The van der Waals surface area contributed by atoms with Crippen LogP contribution < -0.4 is 15.4 Å². The highest BCUT2D eigenvalue weighted by atomic mass is 16.5. The van der Waals surface area contributed by atoms with Crippen LogP contribution in [0.2, 0.25) is 0 Å². The van der Waals surface area contributed by atoms with Gasteiger partial charge in [0.15, 0.2) is 6.61 Å². The van der Waals surface area contributed by atoms with Gasteiger partial charge >= 0.3 is 0 Å². The maximum absolute atomic E-state index is 12.0. The SMILES string of the molecule is N[C@@H]1CCN(C(=O)COc2ccc(N3CCCC3=O)cc2)C1. The predicted octanol–water partition coefficient (Wildman–Crippen LogP) is 0.752. The first-order chi connectivity index (χ1) is 10.6. The van der Waals surface area contributed by atoms with Crippen molar-refractivity contribution in [3.05, 3.63) is 24.3 Å². The van der Waals surface area contributed by atoms with E-state index in [-0.39, 0.29) is 24.5 Å². The second-order valence-corrected chi connectivity index (χ2v) is 5.82. The Bertz CT molecular complexity index is 558. The molecule has 2 heterocycles. The van der Waals surface area contributed by atoms with E-state index in [9.17, 15) is 9.59 Å². The van der Waals surface area contributed by atoms with Crippen LogP contribution in [0.4, 0.5) is 5.69 Å². The van der Waals surface area contributed by atoms with Crippen LogP contribution in [0.5, 0.6) is 5.75 Å². The summed E-state index contributed by atoms with van der Waals surface area (Å²) in [6, 6.07) is 7.39. The van der Waals surface area contributed by atoms with Gasteiger partial charge in [-0.2, -0.15) is 0 Å². The number of nitrogens with zero attached hydrogens (tertiary/aromatic N) is 2. The van der Waals surface area contributed by atoms with Crippen molar-refractivity contribution in [2.45, 2.75) is 25.3 Å². The van der Waals surface area contributed by atoms with Crippen molar-refractivity contribution >= 4 is 17.5 Å². The first-order valence-corrected chi connectivity index (χ1v) is 7.70. The Kier molecular flexibility index (Phi) is 4.29. The molecule has 2 saturated heterocycles. The van der Waals surface area contributed by atoms with Crippen LogP contribution in [0.15, 0.2) is 24.3 Å². The Morgan fingerprint density at radius 2 is 2.05 bits per heavy atom. The maximum atomic E-state index is 12.0. The van der Waals surface area contributed by atoms with Crippen molar-refractivity contribution in [3.63, 3.8) is 0 Å². The molecule has 1 aromatic carbocycles. The fourth-order valence-electron chi connectivity index (χ4n) is 2.89. The number of amides is 2. The molecule has 0 saturated carbocycles. The van der Waals surface area contributed by atoms with Crippen molar-refractivity contribution in [2.24, 2.45) is 5.73 Å². The summed E-state index contributed by atoms with van der Waals surface area (Å²) in [7, 11) is 0. The van der Waals surface area contributed by atoms with E-state index in [1.54, 1.807) is 21.9 Å². The van der Waals surface area contributed by atoms with Gasteiger partial charge in [0.05, 0.1) is 0 Å². The Balaban J connectivity index is 1.53. The van der Waals surface area contributed by atoms with E-state index in [2.05, 4.69) is 0 Å². The second-order valence-electron chi connectivity index (χ2n) is 5.82. The summed E-state index contributed by atoms with van der Waals surface area (Å²) >= 11 is 0. The van der Waals surface area contributed by atoms with Crippen molar-refractivity contribution in [1.29, 1.82) is 0 Å². The van der Waals surface area contributed by atoms with Gasteiger partial charge < -0.3 is 20.3 Å². The summed E-state index contributed by atoms with van der Waals surface area (Å²) in [6.45, 7) is 2.11. The van der Waals surface area contributed by atoms with Gasteiger partial charge in [0.2, 0.25) is 5.91 Å². The molecule has 1 aromatic rings. The Morgan fingerprint density at radius 3 is 2.64 bits per heavy atom. The number of hydrogen-bond donors (Lipinski definition) is 1. The smallest absolute Gasteiger partial charge is 0.260 e. The Morgan fingerprint density at radius 1 is 1.27 bits per heavy atom. The van der Waals surface area contributed by atoms with Crippen molar-refractivity contribution in [3.8, 4) is 5.75 Å². The minimum absolute atomic E-state index is 0.0225. The third-order valence-electron chi connectivity index (χ3n) is 4.16. The molecular weight excluding hydrogens is 282 g/mol. The van der Waals surface area contributed by atoms with E-state index in [4.69, 9.17) is 10.5 Å². The molecule has 0 radical (unpaired) electrons. The quantitative estimate of drug-likeness (QED) is 0.890. The lowest BCUT2D eigenvalue weighted by atomic mass is 10.3. The number of anilines is 1. The zero-order valence-corrected chi connectivity index (χ0v) is 12.5. The predicted molar refractivity (Wildman–Crippen MR) is 82.7 cm³/mol. The van der Waals surface area contributed by atoms with E-state index in [0.717, 1.165) is 25.1 Å². The minimum atomic E-state index is -0.0354. The van der Waals surface area contributed by atoms with Gasteiger partial charge in [-0.25, -0.2) is 0 Å². The highest BCUT2D eigenvalue weighted by molar-refractivity contribution is 5.95. The zero-order valence-electron chi connectivity index (χ0n) is 12.5. The normalized spacial score (nSPS) is 21.5. The lowest BCUT2D eigenvalue weighted by Gasteiger charge is -2.17. The lowest BCUT2D eigenvalue weighted by molar-refractivity contribution is -0.132. The average molecular weight is 303 g/mol. The highest BCUT2D eigenvalue weighted by Gasteiger charge is 2.24. The van der Waals surface area contributed by atoms with Gasteiger partial charge in [-0.1, -0.05) is 0 Å². The van der Waals surface area contributed by atoms with E-state index in [1.165, 1.54) is 0 Å². The molecule has 118 valence electrons. The summed E-state index contributed by atoms with van der Waals surface area (Å²) in [4.78, 5) is 27.2. The summed E-state index contributed by atoms with van der Waals surface area (Å²) < 4.78 is 5.52. The molecule has 6 nitrogen and oxygen atoms in total. The van der Waals surface area contributed by atoms with Gasteiger partial charge in [0, 0.05) is 37.8 Å². The number of benzene rings is 1. The van der Waals surface area contributed by atoms with Crippen LogP contribution in [0.1, 0.15) is 19.3 Å². The topological polar surface area (TPSA) is 75.9 Å². The van der Waals surface area contributed by atoms with E-state index in [1.807, 2.05) is 12.1 Å². The molecule has 0 aromatic heterocycles. The minimum Gasteiger partial charge on any atom is -0.484 e. The van der Waals surface area contributed by atoms with Crippen LogP contribution in [0, 0.1) is 0 Å². The zero-order chi connectivity index (χ0) is 15.5. The fourth-order valence-corrected chi connectivity index (χ4v) is 2.89. The fraction of sp³-hybridized carbons (Fsp3) is 0.500. The number of nitrogens with two attached hydrogens (primary N) is 1. The van der Waals surface area contributed by atoms with E-state index >= 15 is 0 Å². The van der Waals surface area contributed by atoms with Gasteiger partial charge in [-0.05, 0) is 37.1 Å². The molecule has 2 amide bonds. The number of hydrogen-bond acceptors (Lipinski definition) is 4. The Hall–Kier alpha value is -2.08. The second kappa shape index (κ2) is 6.36. The average Bonchev–Trinajstić information content (AvgIpc) is 3.14. The summed E-state index contributed by atoms with van der Waals surface area (Å²) in [5.74, 6) is 0.758. The molecule has 0 unspecified atom stereocenters. The number of carbonyl (C=O) groups excluding carboxylic acids is 2. The summed E-state index contributed by atoms with van der Waals surface area (Å²) in [5.41, 5.74) is 6.67. The molecule has 1 atom stereocenters. The van der Waals surface area contributed by atoms with Crippen LogP contribution in [-0.2, 0) is 9.59 Å². The lowest BCUT2D eigenvalue weighted by Crippen LogP contribution is -2.35. The Labute approximate surface area is 129 Å². The molecule has 2 N–H and O–H groups in total. The van der Waals surface area contributed by atoms with Crippen molar-refractivity contribution in [1.82, 2.24) is 4.90 Å². The molecule has 6 heteroatoms. The first-order valence-electron chi connectivity index (χ1n) is 7.70. The molecule has 3 rings (SSSR count). The molecule has 22 heavy (non-hydrogen) atoms. The third-order valence-corrected chi connectivity index (χ3v) is 4.16. The van der Waals surface area contributed by atoms with Gasteiger partial charge in [-0.15, -0.1) is 0 Å². The molecule has 2 aliphatic heterocycles. The van der Waals surface area contributed by atoms with Gasteiger partial charge in [0.1, 0.15) is 5.75 Å². The highest BCUT2D eigenvalue weighted by Crippen LogP contribution is 2.23. The van der Waals surface area contributed by atoms with Crippen LogP contribution in [-0.4, -0.2) is 49.0 Å². The molecule has 2 fully saturated rings. The summed E-state index contributed by atoms with van der Waals surface area (Å²) in [5, 5.41) is 0. The monoisotopic (exact) mass is 303 g/mol. The number of carbonyl (C=O) groups is 2. The van der Waals surface area contributed by atoms with E-state index < -0.39 is 0 Å². The van der Waals surface area contributed by atoms with Gasteiger partial charge in [-0.3, -0.25) is 9.59 Å². The maximum Gasteiger partial charge on any atom is 0.260 e.